The van der Waals surface area contributed by atoms with E-state index >= 15 is 0 Å². The maximum Gasteiger partial charge on any atom is 0.0412 e. The minimum Gasteiger partial charge on any atom is -0.312 e. The van der Waals surface area contributed by atoms with Gasteiger partial charge in [0.15, 0.2) is 0 Å². The average Bonchev–Trinajstić information content (AvgIpc) is 2.21. The molecule has 0 aliphatic rings. The van der Waals surface area contributed by atoms with Gasteiger partial charge in [-0.2, -0.15) is 11.8 Å². The monoisotopic (exact) mass is 223 g/mol. The number of hydrogen-bond donors (Lipinski definition) is 1. The van der Waals surface area contributed by atoms with E-state index in [4.69, 9.17) is 0 Å². The van der Waals surface area contributed by atoms with E-state index in [2.05, 4.69) is 44.3 Å². The van der Waals surface area contributed by atoms with Gasteiger partial charge < -0.3 is 5.32 Å². The minimum atomic E-state index is 0.482. The van der Waals surface area contributed by atoms with Crippen molar-refractivity contribution in [1.82, 2.24) is 5.32 Å². The van der Waals surface area contributed by atoms with Crippen LogP contribution in [0.4, 0.5) is 0 Å². The second-order valence-electron chi connectivity index (χ2n) is 3.86. The molecule has 1 nitrogen and oxygen atoms in total. The van der Waals surface area contributed by atoms with Crippen molar-refractivity contribution in [2.75, 3.05) is 18.6 Å². The summed E-state index contributed by atoms with van der Waals surface area (Å²) in [7, 11) is 2.04. The number of thioether (sulfide) groups is 1. The number of hydrogen-bond acceptors (Lipinski definition) is 2. The fourth-order valence-corrected chi connectivity index (χ4v) is 2.60. The standard InChI is InChI=1S/C13H21NS/c1-5-15-9-13(14-4)12-7-6-10(2)8-11(12)3/h6-8,13-14H,5,9H2,1-4H3. The van der Waals surface area contributed by atoms with Gasteiger partial charge in [0.05, 0.1) is 0 Å². The van der Waals surface area contributed by atoms with Crippen LogP contribution < -0.4 is 5.32 Å². The Bertz CT molecular complexity index is 309. The molecular formula is C13H21NS. The Morgan fingerprint density at radius 2 is 2.07 bits per heavy atom. The van der Waals surface area contributed by atoms with Crippen LogP contribution in [0.25, 0.3) is 0 Å². The molecule has 84 valence electrons. The van der Waals surface area contributed by atoms with Gasteiger partial charge in [-0.15, -0.1) is 0 Å². The topological polar surface area (TPSA) is 12.0 Å². The molecule has 1 rings (SSSR count). The van der Waals surface area contributed by atoms with Crippen LogP contribution in [-0.2, 0) is 0 Å². The van der Waals surface area contributed by atoms with E-state index in [1.54, 1.807) is 0 Å². The first-order valence-electron chi connectivity index (χ1n) is 5.51. The van der Waals surface area contributed by atoms with Gasteiger partial charge >= 0.3 is 0 Å². The molecule has 15 heavy (non-hydrogen) atoms. The lowest BCUT2D eigenvalue weighted by molar-refractivity contribution is 0.658. The average molecular weight is 223 g/mol. The van der Waals surface area contributed by atoms with Crippen molar-refractivity contribution in [2.24, 2.45) is 0 Å². The number of nitrogens with one attached hydrogen (secondary N) is 1. The van der Waals surface area contributed by atoms with E-state index in [9.17, 15) is 0 Å². The minimum absolute atomic E-state index is 0.482. The molecule has 0 radical (unpaired) electrons. The van der Waals surface area contributed by atoms with E-state index in [0.717, 1.165) is 5.75 Å². The normalized spacial score (nSPS) is 12.8. The van der Waals surface area contributed by atoms with Crippen molar-refractivity contribution >= 4 is 11.8 Å². The molecule has 0 aliphatic heterocycles. The molecule has 1 atom stereocenters. The molecule has 1 aromatic carbocycles. The van der Waals surface area contributed by atoms with Gasteiger partial charge in [-0.1, -0.05) is 30.7 Å². The first kappa shape index (κ1) is 12.6. The summed E-state index contributed by atoms with van der Waals surface area (Å²) in [5, 5.41) is 3.39. The van der Waals surface area contributed by atoms with Crippen molar-refractivity contribution < 1.29 is 0 Å². The first-order valence-corrected chi connectivity index (χ1v) is 6.66. The Balaban J connectivity index is 2.81. The van der Waals surface area contributed by atoms with Crippen molar-refractivity contribution in [3.63, 3.8) is 0 Å². The third-order valence-corrected chi connectivity index (χ3v) is 3.62. The molecule has 0 heterocycles. The van der Waals surface area contributed by atoms with Gasteiger partial charge in [-0.25, -0.2) is 0 Å². The zero-order valence-electron chi connectivity index (χ0n) is 10.1. The molecule has 0 saturated carbocycles. The van der Waals surface area contributed by atoms with Crippen LogP contribution in [0.3, 0.4) is 0 Å². The first-order chi connectivity index (χ1) is 7.19. The van der Waals surface area contributed by atoms with Gasteiger partial charge in [0.25, 0.3) is 0 Å². The third-order valence-electron chi connectivity index (χ3n) is 2.64. The molecule has 0 fully saturated rings. The maximum atomic E-state index is 3.39. The highest BCUT2D eigenvalue weighted by molar-refractivity contribution is 7.99. The Hall–Kier alpha value is -0.470. The summed E-state index contributed by atoms with van der Waals surface area (Å²) < 4.78 is 0. The lowest BCUT2D eigenvalue weighted by atomic mass is 10.0. The second kappa shape index (κ2) is 6.19. The smallest absolute Gasteiger partial charge is 0.0412 e. The van der Waals surface area contributed by atoms with E-state index in [-0.39, 0.29) is 0 Å². The molecule has 0 bridgehead atoms. The predicted molar refractivity (Wildman–Crippen MR) is 70.7 cm³/mol. The summed E-state index contributed by atoms with van der Waals surface area (Å²) in [6, 6.07) is 7.19. The molecule has 0 aromatic heterocycles. The predicted octanol–water partition coefficient (Wildman–Crippen LogP) is 3.32. The summed E-state index contributed by atoms with van der Waals surface area (Å²) in [6.45, 7) is 6.55. The molecule has 0 amide bonds. The number of rotatable bonds is 5. The van der Waals surface area contributed by atoms with Crippen molar-refractivity contribution in [1.29, 1.82) is 0 Å². The quantitative estimate of drug-likeness (QED) is 0.822. The summed E-state index contributed by atoms with van der Waals surface area (Å²) in [5.74, 6) is 2.33. The van der Waals surface area contributed by atoms with Gasteiger partial charge in [-0.05, 0) is 37.8 Å². The zero-order valence-corrected chi connectivity index (χ0v) is 10.9. The summed E-state index contributed by atoms with van der Waals surface area (Å²) in [5.41, 5.74) is 4.17. The number of aryl methyl sites for hydroxylation is 2. The van der Waals surface area contributed by atoms with Crippen LogP contribution in [0.15, 0.2) is 18.2 Å². The van der Waals surface area contributed by atoms with Crippen LogP contribution in [0, 0.1) is 13.8 Å². The molecule has 1 unspecified atom stereocenters. The van der Waals surface area contributed by atoms with Crippen molar-refractivity contribution in [2.45, 2.75) is 26.8 Å². The molecule has 1 N–H and O–H groups in total. The Morgan fingerprint density at radius 3 is 2.60 bits per heavy atom. The van der Waals surface area contributed by atoms with E-state index in [1.807, 2.05) is 18.8 Å². The Morgan fingerprint density at radius 1 is 1.33 bits per heavy atom. The van der Waals surface area contributed by atoms with Gasteiger partial charge in [0.2, 0.25) is 0 Å². The van der Waals surface area contributed by atoms with E-state index < -0.39 is 0 Å². The molecule has 0 aliphatic carbocycles. The van der Waals surface area contributed by atoms with Crippen LogP contribution in [0.1, 0.15) is 29.7 Å². The SMILES string of the molecule is CCSCC(NC)c1ccc(C)cc1C. The lowest BCUT2D eigenvalue weighted by Gasteiger charge is -2.18. The highest BCUT2D eigenvalue weighted by atomic mass is 32.2. The third kappa shape index (κ3) is 3.54. The highest BCUT2D eigenvalue weighted by Crippen LogP contribution is 2.22. The van der Waals surface area contributed by atoms with Crippen LogP contribution in [-0.4, -0.2) is 18.6 Å². The summed E-state index contributed by atoms with van der Waals surface area (Å²) in [4.78, 5) is 0. The lowest BCUT2D eigenvalue weighted by Crippen LogP contribution is -2.19. The van der Waals surface area contributed by atoms with E-state index in [0.29, 0.717) is 6.04 Å². The highest BCUT2D eigenvalue weighted by Gasteiger charge is 2.10. The van der Waals surface area contributed by atoms with Crippen LogP contribution >= 0.6 is 11.8 Å². The largest absolute Gasteiger partial charge is 0.312 e. The molecule has 1 aromatic rings. The molecular weight excluding hydrogens is 202 g/mol. The molecule has 0 saturated heterocycles. The van der Waals surface area contributed by atoms with Crippen LogP contribution in [0.2, 0.25) is 0 Å². The molecule has 2 heteroatoms. The maximum absolute atomic E-state index is 3.39. The summed E-state index contributed by atoms with van der Waals surface area (Å²) >= 11 is 1.99. The Labute approximate surface area is 97.7 Å². The number of benzene rings is 1. The fraction of sp³-hybridized carbons (Fsp3) is 0.538. The van der Waals surface area contributed by atoms with Crippen LogP contribution in [0.5, 0.6) is 0 Å². The zero-order chi connectivity index (χ0) is 11.3. The fourth-order valence-electron chi connectivity index (χ4n) is 1.78. The van der Waals surface area contributed by atoms with Gasteiger partial charge in [-0.3, -0.25) is 0 Å². The van der Waals surface area contributed by atoms with Crippen molar-refractivity contribution in [3.05, 3.63) is 34.9 Å². The van der Waals surface area contributed by atoms with Gasteiger partial charge in [0.1, 0.15) is 0 Å². The molecule has 0 spiro atoms. The van der Waals surface area contributed by atoms with Gasteiger partial charge in [0, 0.05) is 11.8 Å². The van der Waals surface area contributed by atoms with Crippen molar-refractivity contribution in [3.8, 4) is 0 Å². The summed E-state index contributed by atoms with van der Waals surface area (Å²) in [6.07, 6.45) is 0. The van der Waals surface area contributed by atoms with E-state index in [1.165, 1.54) is 22.4 Å². The second-order valence-corrected chi connectivity index (χ2v) is 5.18. The Kier molecular flexibility index (Phi) is 5.20.